The summed E-state index contributed by atoms with van der Waals surface area (Å²) < 4.78 is 23.8. The molecule has 1 aliphatic heterocycles. The molecular weight excluding hydrogens is 616 g/mol. The van der Waals surface area contributed by atoms with E-state index in [9.17, 15) is 9.59 Å². The molecule has 1 heterocycles. The Morgan fingerprint density at radius 1 is 0.939 bits per heavy atom. The van der Waals surface area contributed by atoms with Crippen LogP contribution in [0.25, 0.3) is 0 Å². The van der Waals surface area contributed by atoms with E-state index in [0.29, 0.717) is 22.7 Å². The molecule has 10 unspecified atom stereocenters. The number of rotatable bonds is 11. The van der Waals surface area contributed by atoms with Gasteiger partial charge in [0.2, 0.25) is 0 Å². The minimum Gasteiger partial charge on any atom is -0.462 e. The zero-order valence-corrected chi connectivity index (χ0v) is 33.0. The molecule has 0 radical (unpaired) electrons. The van der Waals surface area contributed by atoms with Crippen molar-refractivity contribution in [2.75, 3.05) is 20.1 Å². The predicted molar refractivity (Wildman–Crippen MR) is 196 cm³/mol. The summed E-state index contributed by atoms with van der Waals surface area (Å²) in [4.78, 5) is 24.3. The molecule has 4 saturated carbocycles. The summed E-state index contributed by atoms with van der Waals surface area (Å²) in [5, 5.41) is 3.94. The lowest BCUT2D eigenvalue weighted by Crippen LogP contribution is -2.55. The molecule has 0 bridgehead atoms. The van der Waals surface area contributed by atoms with Crippen molar-refractivity contribution < 1.29 is 28.5 Å². The first kappa shape index (κ1) is 40.5. The molecule has 0 aromatic carbocycles. The highest BCUT2D eigenvalue weighted by Crippen LogP contribution is 2.67. The average molecular weight is 691 g/mol. The lowest BCUT2D eigenvalue weighted by molar-refractivity contribution is -0.300. The first-order chi connectivity index (χ1) is 23.0. The van der Waals surface area contributed by atoms with Gasteiger partial charge in [0.05, 0.1) is 18.6 Å². The molecule has 11 atom stereocenters. The molecule has 0 spiro atoms. The van der Waals surface area contributed by atoms with Gasteiger partial charge in [0.1, 0.15) is 11.7 Å². The number of ether oxygens (including phenoxy) is 4. The summed E-state index contributed by atoms with van der Waals surface area (Å²) in [6.45, 7) is 20.4. The quantitative estimate of drug-likeness (QED) is 0.165. The van der Waals surface area contributed by atoms with Gasteiger partial charge in [-0.25, -0.2) is 0 Å². The molecule has 5 fully saturated rings. The van der Waals surface area contributed by atoms with Gasteiger partial charge in [0.15, 0.2) is 5.79 Å². The van der Waals surface area contributed by atoms with E-state index in [1.807, 2.05) is 34.6 Å². The normalized spacial score (nSPS) is 38.1. The van der Waals surface area contributed by atoms with Crippen LogP contribution < -0.4 is 11.1 Å². The highest BCUT2D eigenvalue weighted by atomic mass is 16.7. The second-order valence-electron chi connectivity index (χ2n) is 18.3. The van der Waals surface area contributed by atoms with Gasteiger partial charge < -0.3 is 30.0 Å². The maximum atomic E-state index is 12.5. The Bertz CT molecular complexity index is 1090. The van der Waals surface area contributed by atoms with E-state index < -0.39 is 11.4 Å². The monoisotopic (exact) mass is 691 g/mol. The molecule has 5 aliphatic rings. The second kappa shape index (κ2) is 16.6. The number of nitrogens with one attached hydrogen (secondary N) is 1. The number of carbonyl (C=O) groups excluding carboxylic acids is 2. The lowest BCUT2D eigenvalue weighted by atomic mass is 9.44. The topological polar surface area (TPSA) is 109 Å². The maximum absolute atomic E-state index is 12.5. The smallest absolute Gasteiger partial charge is 0.308 e. The van der Waals surface area contributed by atoms with E-state index in [4.69, 9.17) is 18.9 Å². The van der Waals surface area contributed by atoms with E-state index in [-0.39, 0.29) is 36.7 Å². The Morgan fingerprint density at radius 3 is 2.33 bits per heavy atom. The van der Waals surface area contributed by atoms with E-state index >= 15 is 0 Å². The van der Waals surface area contributed by atoms with Gasteiger partial charge in [-0.15, -0.1) is 0 Å². The van der Waals surface area contributed by atoms with Gasteiger partial charge in [-0.2, -0.15) is 0 Å². The summed E-state index contributed by atoms with van der Waals surface area (Å²) in [7, 11) is 1.50. The molecule has 0 amide bonds. The third-order valence-electron chi connectivity index (χ3n) is 13.6. The molecule has 8 heteroatoms. The predicted octanol–water partition coefficient (Wildman–Crippen LogP) is 8.19. The van der Waals surface area contributed by atoms with E-state index in [2.05, 4.69) is 31.8 Å². The molecule has 8 nitrogen and oxygen atoms in total. The summed E-state index contributed by atoms with van der Waals surface area (Å²) in [5.74, 6) is 3.49. The zero-order chi connectivity index (χ0) is 36.2. The SMILES string of the molecule is CC[C@H](OC(C)=O)C(C)C1CCC2(C)C(CCC3C4CCCC4(CNCCC4CC(CC(=O)OC(C)(C)C)OC(C)(C)O4)CCC32)C1.CN. The Balaban J connectivity index is 0.00000265. The molecule has 4 aliphatic carbocycles. The van der Waals surface area contributed by atoms with Crippen molar-refractivity contribution in [1.29, 1.82) is 0 Å². The van der Waals surface area contributed by atoms with Crippen molar-refractivity contribution in [3.05, 3.63) is 0 Å². The van der Waals surface area contributed by atoms with Gasteiger partial charge in [0, 0.05) is 19.9 Å². The number of carbonyl (C=O) groups is 2. The van der Waals surface area contributed by atoms with Crippen molar-refractivity contribution >= 4 is 11.9 Å². The fourth-order valence-corrected chi connectivity index (χ4v) is 11.6. The third-order valence-corrected chi connectivity index (χ3v) is 13.6. The van der Waals surface area contributed by atoms with Crippen LogP contribution in [-0.4, -0.2) is 61.8 Å². The largest absolute Gasteiger partial charge is 0.462 e. The number of esters is 2. The van der Waals surface area contributed by atoms with Gasteiger partial charge in [-0.3, -0.25) is 9.59 Å². The molecule has 5 rings (SSSR count). The average Bonchev–Trinajstić information content (AvgIpc) is 3.45. The third kappa shape index (κ3) is 9.81. The highest BCUT2D eigenvalue weighted by Gasteiger charge is 2.59. The number of hydrogen-bond donors (Lipinski definition) is 2. The minimum absolute atomic E-state index is 0.0580. The zero-order valence-electron chi connectivity index (χ0n) is 33.0. The molecule has 0 aromatic heterocycles. The Labute approximate surface area is 299 Å². The number of fused-ring (bicyclic) bond motifs is 5. The van der Waals surface area contributed by atoms with Crippen molar-refractivity contribution in [2.45, 2.75) is 182 Å². The van der Waals surface area contributed by atoms with Crippen LogP contribution in [0.3, 0.4) is 0 Å². The molecule has 0 aromatic rings. The van der Waals surface area contributed by atoms with Gasteiger partial charge in [-0.1, -0.05) is 27.2 Å². The van der Waals surface area contributed by atoms with E-state index in [0.717, 1.165) is 56.0 Å². The summed E-state index contributed by atoms with van der Waals surface area (Å²) in [6.07, 6.45) is 16.5. The molecule has 49 heavy (non-hydrogen) atoms. The number of hydrogen-bond acceptors (Lipinski definition) is 8. The summed E-state index contributed by atoms with van der Waals surface area (Å²) >= 11 is 0. The summed E-state index contributed by atoms with van der Waals surface area (Å²) in [5.41, 5.74) is 4.93. The van der Waals surface area contributed by atoms with Gasteiger partial charge >= 0.3 is 11.9 Å². The van der Waals surface area contributed by atoms with Crippen LogP contribution in [0.5, 0.6) is 0 Å². The molecule has 3 N–H and O–H groups in total. The van der Waals surface area contributed by atoms with E-state index in [1.54, 1.807) is 6.92 Å². The summed E-state index contributed by atoms with van der Waals surface area (Å²) in [6, 6.07) is 0. The van der Waals surface area contributed by atoms with Crippen LogP contribution in [-0.2, 0) is 28.5 Å². The van der Waals surface area contributed by atoms with Crippen LogP contribution >= 0.6 is 0 Å². The first-order valence-corrected chi connectivity index (χ1v) is 20.1. The van der Waals surface area contributed by atoms with Crippen LogP contribution in [0.1, 0.15) is 152 Å². The minimum atomic E-state index is -0.699. The molecule has 284 valence electrons. The van der Waals surface area contributed by atoms with Gasteiger partial charge in [0.25, 0.3) is 0 Å². The Hall–Kier alpha value is -1.22. The van der Waals surface area contributed by atoms with Crippen LogP contribution in [0.4, 0.5) is 0 Å². The highest BCUT2D eigenvalue weighted by molar-refractivity contribution is 5.70. The maximum Gasteiger partial charge on any atom is 0.308 e. The molecule has 1 saturated heterocycles. The van der Waals surface area contributed by atoms with Gasteiger partial charge in [-0.05, 0) is 165 Å². The van der Waals surface area contributed by atoms with Crippen molar-refractivity contribution in [3.8, 4) is 0 Å². The lowest BCUT2D eigenvalue weighted by Gasteiger charge is -2.61. The van der Waals surface area contributed by atoms with Crippen molar-refractivity contribution in [3.63, 3.8) is 0 Å². The fraction of sp³-hybridized carbons (Fsp3) is 0.951. The van der Waals surface area contributed by atoms with E-state index in [1.165, 1.54) is 71.3 Å². The number of nitrogens with two attached hydrogens (primary N) is 1. The Kier molecular flexibility index (Phi) is 13.8. The molecular formula is C41H74N2O6. The van der Waals surface area contributed by atoms with Crippen LogP contribution in [0.2, 0.25) is 0 Å². The fourth-order valence-electron chi connectivity index (χ4n) is 11.6. The van der Waals surface area contributed by atoms with Crippen LogP contribution in [0, 0.1) is 46.3 Å². The second-order valence-corrected chi connectivity index (χ2v) is 18.3. The first-order valence-electron chi connectivity index (χ1n) is 20.1. The van der Waals surface area contributed by atoms with Crippen molar-refractivity contribution in [1.82, 2.24) is 5.32 Å². The van der Waals surface area contributed by atoms with Crippen LogP contribution in [0.15, 0.2) is 0 Å². The van der Waals surface area contributed by atoms with Crippen molar-refractivity contribution in [2.24, 2.45) is 52.1 Å². The Morgan fingerprint density at radius 2 is 1.65 bits per heavy atom. The standard InChI is InChI=1S/C40H69NO6.CH5N/c1-10-35(44-27(3)42)26(2)28-15-19-39(9)29(22-28)13-14-32-33(39)16-20-40(18-11-12-34(32)40)25-41-21-17-30-23-31(46-38(7,8)45-30)24-36(43)47-37(4,5)6;1-2/h26,28-35,41H,10-25H2,1-9H3;2H2,1H3/t26?,28?,29?,30?,31?,32?,33?,34?,35-,39?,40?;/m0./s1.